The molecule has 8 atom stereocenters. The van der Waals surface area contributed by atoms with Crippen LogP contribution in [0.15, 0.2) is 54.2 Å². The van der Waals surface area contributed by atoms with Gasteiger partial charge in [0, 0.05) is 86.4 Å². The molecule has 478 valence electrons. The Kier molecular flexibility index (Phi) is 24.7. The minimum atomic E-state index is -0.678. The SMILES string of the molecule is CCCO[C@H](C[C@H](C(C)C)N(CCC)C(=O)[C@@H](NC(=O)[C@H]1CCCCN1C)[C@@H](C)CC)c1nc(C(=O)NC23C[C@@H](C(=O)NCCSSCCNC(=O)CCCC(=O)NCc4ccc(COc5nc(N)nc6nc[nH]c56)cc4)c4cc(O)ccc4[C@@H]2C3)cs1. The van der Waals surface area contributed by atoms with Gasteiger partial charge in [0.2, 0.25) is 41.4 Å². The Morgan fingerprint density at radius 2 is 1.64 bits per heavy atom. The third-order valence-corrected chi connectivity index (χ3v) is 20.3. The van der Waals surface area contributed by atoms with E-state index in [9.17, 15) is 33.9 Å². The van der Waals surface area contributed by atoms with E-state index in [2.05, 4.69) is 72.2 Å². The lowest BCUT2D eigenvalue weighted by Gasteiger charge is -2.40. The first-order valence-corrected chi connectivity index (χ1v) is 34.5. The second kappa shape index (κ2) is 32.3. The van der Waals surface area contributed by atoms with Crippen LogP contribution >= 0.6 is 32.9 Å². The third kappa shape index (κ3) is 17.9. The van der Waals surface area contributed by atoms with Crippen LogP contribution in [-0.4, -0.2) is 150 Å². The fraction of sp³-hybridized carbons (Fsp3) is 0.587. The van der Waals surface area contributed by atoms with Crippen molar-refractivity contribution in [2.45, 2.75) is 173 Å². The number of carbonyl (C=O) groups is 6. The van der Waals surface area contributed by atoms with Crippen LogP contribution in [0.4, 0.5) is 5.95 Å². The fourth-order valence-electron chi connectivity index (χ4n) is 11.8. The van der Waals surface area contributed by atoms with Crippen LogP contribution in [0.5, 0.6) is 11.6 Å². The number of likely N-dealkylation sites (tertiary alicyclic amines) is 1. The molecule has 0 spiro atoms. The summed E-state index contributed by atoms with van der Waals surface area (Å²) in [7, 11) is 5.15. The summed E-state index contributed by atoms with van der Waals surface area (Å²) in [6.07, 6.45) is 8.35. The quantitative estimate of drug-likeness (QED) is 0.0143. The van der Waals surface area contributed by atoms with E-state index in [1.54, 1.807) is 39.1 Å². The highest BCUT2D eigenvalue weighted by atomic mass is 33.1. The van der Waals surface area contributed by atoms with Gasteiger partial charge < -0.3 is 56.8 Å². The molecule has 8 rings (SSSR count). The number of imidazole rings is 1. The van der Waals surface area contributed by atoms with Gasteiger partial charge in [-0.3, -0.25) is 33.7 Å². The zero-order valence-corrected chi connectivity index (χ0v) is 54.3. The van der Waals surface area contributed by atoms with E-state index in [0.29, 0.717) is 92.0 Å². The summed E-state index contributed by atoms with van der Waals surface area (Å²) >= 11 is 1.36. The predicted molar refractivity (Wildman–Crippen MR) is 345 cm³/mol. The molecule has 2 fully saturated rings. The molecule has 3 aliphatic rings. The molecular weight excluding hydrogens is 1180 g/mol. The minimum Gasteiger partial charge on any atom is -0.508 e. The van der Waals surface area contributed by atoms with Gasteiger partial charge in [0.1, 0.15) is 40.7 Å². The highest BCUT2D eigenvalue weighted by molar-refractivity contribution is 8.76. The predicted octanol–water partition coefficient (Wildman–Crippen LogP) is 8.06. The minimum absolute atomic E-state index is 0.0357. The van der Waals surface area contributed by atoms with Crippen molar-refractivity contribution in [3.8, 4) is 11.6 Å². The Morgan fingerprint density at radius 1 is 0.898 bits per heavy atom. The fourth-order valence-corrected chi connectivity index (χ4v) is 14.5. The van der Waals surface area contributed by atoms with Gasteiger partial charge >= 0.3 is 0 Å². The number of phenolic OH excluding ortho intramolecular Hbond substituents is 1. The Morgan fingerprint density at radius 3 is 2.35 bits per heavy atom. The van der Waals surface area contributed by atoms with Crippen LogP contribution in [0.3, 0.4) is 0 Å². The van der Waals surface area contributed by atoms with Crippen LogP contribution in [0, 0.1) is 11.8 Å². The normalized spacial score (nSPS) is 19.3. The highest BCUT2D eigenvalue weighted by Crippen LogP contribution is 2.61. The molecule has 0 bridgehead atoms. The van der Waals surface area contributed by atoms with Gasteiger partial charge in [-0.05, 0) is 105 Å². The zero-order chi connectivity index (χ0) is 62.9. The maximum atomic E-state index is 14.9. The molecule has 2 aliphatic carbocycles. The van der Waals surface area contributed by atoms with E-state index in [-0.39, 0.29) is 102 Å². The Hall–Kier alpha value is -6.54. The molecule has 4 heterocycles. The van der Waals surface area contributed by atoms with Crippen LogP contribution in [0.1, 0.15) is 174 Å². The summed E-state index contributed by atoms with van der Waals surface area (Å²) in [5, 5.41) is 28.4. The molecule has 1 unspecified atom stereocenters. The average molecular weight is 1270 g/mol. The Balaban J connectivity index is 0.762. The average Bonchev–Trinajstić information content (AvgIpc) is 1.55. The summed E-state index contributed by atoms with van der Waals surface area (Å²) in [6.45, 7) is 15.7. The maximum absolute atomic E-state index is 14.9. The number of likely N-dealkylation sites (N-methyl/N-ethyl adjacent to an activating group) is 1. The number of benzene rings is 2. The van der Waals surface area contributed by atoms with E-state index >= 15 is 0 Å². The van der Waals surface area contributed by atoms with Crippen molar-refractivity contribution in [1.29, 1.82) is 0 Å². The second-order valence-electron chi connectivity index (χ2n) is 23.8. The molecule has 9 N–H and O–H groups in total. The number of piperidine rings is 1. The summed E-state index contributed by atoms with van der Waals surface area (Å²) < 4.78 is 12.4. The highest BCUT2D eigenvalue weighted by Gasteiger charge is 2.61. The molecular formula is C63H89N13O9S3. The largest absolute Gasteiger partial charge is 0.508 e. The third-order valence-electron chi connectivity index (χ3n) is 17.0. The van der Waals surface area contributed by atoms with Gasteiger partial charge in [-0.2, -0.15) is 9.97 Å². The smallest absolute Gasteiger partial charge is 0.271 e. The van der Waals surface area contributed by atoms with Crippen LogP contribution in [-0.2, 0) is 41.9 Å². The van der Waals surface area contributed by atoms with Crippen molar-refractivity contribution in [3.05, 3.63) is 87.1 Å². The number of hydrogen-bond acceptors (Lipinski definition) is 18. The number of carbonyl (C=O) groups excluding carboxylic acids is 6. The first-order valence-electron chi connectivity index (χ1n) is 31.2. The Bertz CT molecular complexity index is 3170. The number of aromatic hydroxyl groups is 1. The number of nitrogen functional groups attached to an aromatic ring is 1. The summed E-state index contributed by atoms with van der Waals surface area (Å²) in [4.78, 5) is 106. The number of hydrogen-bond donors (Lipinski definition) is 8. The molecule has 22 nitrogen and oxygen atoms in total. The summed E-state index contributed by atoms with van der Waals surface area (Å²) in [6, 6.07) is 11.6. The number of amides is 6. The molecule has 2 aromatic carbocycles. The van der Waals surface area contributed by atoms with Crippen LogP contribution < -0.4 is 37.1 Å². The number of fused-ring (bicyclic) bond motifs is 4. The molecule has 88 heavy (non-hydrogen) atoms. The van der Waals surface area contributed by atoms with Crippen molar-refractivity contribution in [2.75, 3.05) is 57.1 Å². The van der Waals surface area contributed by atoms with Crippen molar-refractivity contribution in [3.63, 3.8) is 0 Å². The van der Waals surface area contributed by atoms with E-state index in [4.69, 9.17) is 20.2 Å². The molecule has 5 aromatic rings. The van der Waals surface area contributed by atoms with Gasteiger partial charge in [0.15, 0.2) is 5.65 Å². The van der Waals surface area contributed by atoms with Crippen molar-refractivity contribution >= 4 is 85.5 Å². The number of aromatic amines is 1. The topological polar surface area (TPSA) is 301 Å². The molecule has 3 aromatic heterocycles. The number of phenols is 1. The van der Waals surface area contributed by atoms with E-state index < -0.39 is 23.6 Å². The van der Waals surface area contributed by atoms with Gasteiger partial charge in [-0.25, -0.2) is 9.97 Å². The number of thiazole rings is 1. The number of ether oxygens (including phenoxy) is 2. The van der Waals surface area contributed by atoms with E-state index in [1.165, 1.54) is 17.7 Å². The van der Waals surface area contributed by atoms with Crippen molar-refractivity contribution < 1.29 is 43.3 Å². The van der Waals surface area contributed by atoms with E-state index in [1.807, 2.05) is 63.1 Å². The van der Waals surface area contributed by atoms with Crippen LogP contribution in [0.25, 0.3) is 11.2 Å². The number of anilines is 1. The van der Waals surface area contributed by atoms with Crippen molar-refractivity contribution in [2.24, 2.45) is 11.8 Å². The first-order chi connectivity index (χ1) is 42.4. The summed E-state index contributed by atoms with van der Waals surface area (Å²) in [5.41, 5.74) is 9.85. The maximum Gasteiger partial charge on any atom is 0.271 e. The monoisotopic (exact) mass is 1270 g/mol. The standard InChI is InChI=1S/C63H89N13O9S3/c1-8-25-76(61(83)53(39(6)10-3)71-58(82)48-14-11-12-26-75(48)7)49(38(4)5)31-50(84-27-9-2)60-70-47(36-86-60)57(81)74-63-32-45(44-30-42(77)21-22-43(44)46(63)33-63)56(80)66-24-29-88-87-28-23-65-51(78)15-13-16-52(79)67-34-40-17-19-41(20-18-40)35-85-59-54-55(69-37-68-54)72-62(64)73-59/h17-22,30,36-39,45-46,48-50,53,77H,8-16,23-29,31-35H2,1-7H3,(H,65,78)(H,66,80)(H,67,79)(H,71,82)(H,74,81)(H3,64,68,69,72,73)/t39-,45+,46-,48+,49+,50+,53-,63?/m0/s1. The van der Waals surface area contributed by atoms with E-state index in [0.717, 1.165) is 67.3 Å². The number of nitrogens with two attached hydrogens (primary N) is 1. The zero-order valence-electron chi connectivity index (χ0n) is 51.9. The first kappa shape index (κ1) is 67.4. The molecule has 1 aliphatic heterocycles. The van der Waals surface area contributed by atoms with Crippen LogP contribution in [0.2, 0.25) is 0 Å². The lowest BCUT2D eigenvalue weighted by Crippen LogP contribution is -2.58. The van der Waals surface area contributed by atoms with Gasteiger partial charge in [0.05, 0.1) is 18.3 Å². The molecule has 1 saturated carbocycles. The second-order valence-corrected chi connectivity index (χ2v) is 27.4. The number of nitrogens with zero attached hydrogens (tertiary/aromatic N) is 6. The number of rotatable bonds is 34. The number of nitrogens with one attached hydrogen (secondary N) is 6. The molecule has 6 amide bonds. The van der Waals surface area contributed by atoms with Gasteiger partial charge in [0.25, 0.3) is 5.91 Å². The Labute approximate surface area is 528 Å². The van der Waals surface area contributed by atoms with Gasteiger partial charge in [-0.15, -0.1) is 11.3 Å². The van der Waals surface area contributed by atoms with Gasteiger partial charge in [-0.1, -0.05) is 106 Å². The van der Waals surface area contributed by atoms with Crippen molar-refractivity contribution in [1.82, 2.24) is 61.3 Å². The molecule has 0 radical (unpaired) electrons. The molecule has 25 heteroatoms. The lowest BCUT2D eigenvalue weighted by molar-refractivity contribution is -0.143. The summed E-state index contributed by atoms with van der Waals surface area (Å²) in [5.74, 6) is 0.0737. The molecule has 1 saturated heterocycles. The number of H-pyrrole nitrogens is 1. The lowest BCUT2D eigenvalue weighted by atomic mass is 9.79. The number of aromatic nitrogens is 5.